The number of pyridine rings is 1. The lowest BCUT2D eigenvalue weighted by atomic mass is 10.2. The molecule has 0 radical (unpaired) electrons. The summed E-state index contributed by atoms with van der Waals surface area (Å²) in [5, 5.41) is 3.18. The molecule has 1 aromatic carbocycles. The van der Waals surface area contributed by atoms with Crippen molar-refractivity contribution in [2.75, 3.05) is 19.5 Å². The van der Waals surface area contributed by atoms with E-state index in [2.05, 4.69) is 20.3 Å². The predicted octanol–water partition coefficient (Wildman–Crippen LogP) is 2.40. The number of benzene rings is 1. The highest BCUT2D eigenvalue weighted by molar-refractivity contribution is 5.88. The average molecular weight is 326 g/mol. The van der Waals surface area contributed by atoms with Crippen molar-refractivity contribution in [2.24, 2.45) is 0 Å². The monoisotopic (exact) mass is 326 g/mol. The van der Waals surface area contributed by atoms with Gasteiger partial charge >= 0.3 is 6.01 Å². The first kappa shape index (κ1) is 15.5. The number of hydrogen-bond donors (Lipinski definition) is 1. The van der Waals surface area contributed by atoms with Crippen LogP contribution >= 0.6 is 0 Å². The Morgan fingerprint density at radius 2 is 1.71 bits per heavy atom. The highest BCUT2D eigenvalue weighted by Crippen LogP contribution is 2.36. The Balaban J connectivity index is 1.98. The maximum Gasteiger partial charge on any atom is 0.322 e. The Kier molecular flexibility index (Phi) is 4.37. The van der Waals surface area contributed by atoms with Crippen molar-refractivity contribution in [3.63, 3.8) is 0 Å². The molecule has 8 nitrogen and oxygen atoms in total. The molecule has 2 aromatic heterocycles. The van der Waals surface area contributed by atoms with Gasteiger partial charge in [0, 0.05) is 17.6 Å². The van der Waals surface area contributed by atoms with Gasteiger partial charge in [-0.05, 0) is 12.1 Å². The van der Waals surface area contributed by atoms with Gasteiger partial charge in [-0.25, -0.2) is 9.97 Å². The zero-order valence-electron chi connectivity index (χ0n) is 13.0. The van der Waals surface area contributed by atoms with E-state index in [0.717, 1.165) is 5.39 Å². The summed E-state index contributed by atoms with van der Waals surface area (Å²) in [6.45, 7) is 0. The Morgan fingerprint density at radius 3 is 2.38 bits per heavy atom. The minimum atomic E-state index is 0.147. The summed E-state index contributed by atoms with van der Waals surface area (Å²) in [6.07, 6.45) is 5.06. The van der Waals surface area contributed by atoms with Gasteiger partial charge in [0.2, 0.25) is 6.41 Å². The van der Waals surface area contributed by atoms with Crippen LogP contribution < -0.4 is 19.5 Å². The second-order valence-electron chi connectivity index (χ2n) is 4.65. The van der Waals surface area contributed by atoms with Crippen LogP contribution in [0, 0.1) is 0 Å². The lowest BCUT2D eigenvalue weighted by Gasteiger charge is -2.11. The smallest absolute Gasteiger partial charge is 0.322 e. The van der Waals surface area contributed by atoms with E-state index in [1.807, 2.05) is 0 Å². The molecule has 0 aliphatic carbocycles. The minimum absolute atomic E-state index is 0.147. The van der Waals surface area contributed by atoms with Crippen LogP contribution in [0.3, 0.4) is 0 Å². The number of nitrogens with zero attached hydrogens (tertiary/aromatic N) is 3. The number of aromatic nitrogens is 3. The molecule has 0 fully saturated rings. The van der Waals surface area contributed by atoms with Gasteiger partial charge in [0.05, 0.1) is 37.8 Å². The van der Waals surface area contributed by atoms with Crippen molar-refractivity contribution in [1.29, 1.82) is 0 Å². The zero-order chi connectivity index (χ0) is 16.9. The molecule has 0 saturated carbocycles. The van der Waals surface area contributed by atoms with E-state index in [0.29, 0.717) is 34.9 Å². The molecule has 0 aliphatic heterocycles. The van der Waals surface area contributed by atoms with Crippen molar-refractivity contribution >= 4 is 23.0 Å². The molecule has 1 N–H and O–H groups in total. The molecular formula is C16H14N4O4. The van der Waals surface area contributed by atoms with E-state index in [4.69, 9.17) is 14.2 Å². The van der Waals surface area contributed by atoms with E-state index >= 15 is 0 Å². The number of anilines is 1. The van der Waals surface area contributed by atoms with Crippen LogP contribution in [0.25, 0.3) is 10.9 Å². The lowest BCUT2D eigenvalue weighted by Crippen LogP contribution is -1.98. The third-order valence-electron chi connectivity index (χ3n) is 3.26. The topological polar surface area (TPSA) is 95.5 Å². The second kappa shape index (κ2) is 6.78. The van der Waals surface area contributed by atoms with Crippen LogP contribution in [-0.2, 0) is 4.79 Å². The molecule has 0 spiro atoms. The van der Waals surface area contributed by atoms with Crippen molar-refractivity contribution < 1.29 is 19.0 Å². The molecule has 3 aromatic rings. The molecule has 0 bridgehead atoms. The fraction of sp³-hybridized carbons (Fsp3) is 0.125. The number of carbonyl (C=O) groups is 1. The van der Waals surface area contributed by atoms with Crippen LogP contribution in [-0.4, -0.2) is 35.6 Å². The number of fused-ring (bicyclic) bond motifs is 1. The third kappa shape index (κ3) is 3.02. The van der Waals surface area contributed by atoms with Gasteiger partial charge in [0.15, 0.2) is 11.5 Å². The van der Waals surface area contributed by atoms with E-state index in [-0.39, 0.29) is 6.01 Å². The first-order valence-corrected chi connectivity index (χ1v) is 6.96. The van der Waals surface area contributed by atoms with Crippen molar-refractivity contribution in [2.45, 2.75) is 0 Å². The van der Waals surface area contributed by atoms with Crippen molar-refractivity contribution in [1.82, 2.24) is 15.0 Å². The fourth-order valence-corrected chi connectivity index (χ4v) is 2.15. The molecule has 1 amide bonds. The molecule has 0 aliphatic rings. The van der Waals surface area contributed by atoms with Crippen LogP contribution in [0.15, 0.2) is 36.8 Å². The van der Waals surface area contributed by atoms with Gasteiger partial charge in [0.25, 0.3) is 0 Å². The zero-order valence-corrected chi connectivity index (χ0v) is 13.0. The number of methoxy groups -OCH3 is 2. The van der Waals surface area contributed by atoms with Crippen molar-refractivity contribution in [3.05, 3.63) is 36.8 Å². The summed E-state index contributed by atoms with van der Waals surface area (Å²) in [7, 11) is 3.12. The van der Waals surface area contributed by atoms with E-state index in [9.17, 15) is 4.79 Å². The number of rotatable bonds is 6. The molecule has 0 saturated heterocycles. The summed E-state index contributed by atoms with van der Waals surface area (Å²) >= 11 is 0. The number of ether oxygens (including phenoxy) is 3. The fourth-order valence-electron chi connectivity index (χ4n) is 2.15. The minimum Gasteiger partial charge on any atom is -0.493 e. The summed E-state index contributed by atoms with van der Waals surface area (Å²) in [6, 6.07) is 5.39. The largest absolute Gasteiger partial charge is 0.493 e. The number of nitrogens with one attached hydrogen (secondary N) is 1. The quantitative estimate of drug-likeness (QED) is 0.695. The SMILES string of the molecule is COc1cc2nccc(Oc3ncc(NC=O)cn3)c2cc1OC. The van der Waals surface area contributed by atoms with Gasteiger partial charge in [0.1, 0.15) is 5.75 Å². The van der Waals surface area contributed by atoms with Crippen molar-refractivity contribution in [3.8, 4) is 23.3 Å². The highest BCUT2D eigenvalue weighted by Gasteiger charge is 2.12. The number of hydrogen-bond acceptors (Lipinski definition) is 7. The predicted molar refractivity (Wildman–Crippen MR) is 86.6 cm³/mol. The van der Waals surface area contributed by atoms with Crippen LogP contribution in [0.2, 0.25) is 0 Å². The summed E-state index contributed by atoms with van der Waals surface area (Å²) in [4.78, 5) is 22.8. The highest BCUT2D eigenvalue weighted by atomic mass is 16.5. The van der Waals surface area contributed by atoms with Gasteiger partial charge in [-0.1, -0.05) is 0 Å². The molecular weight excluding hydrogens is 312 g/mol. The molecule has 0 atom stereocenters. The van der Waals surface area contributed by atoms with Gasteiger partial charge in [-0.15, -0.1) is 0 Å². The first-order chi connectivity index (χ1) is 11.7. The summed E-state index contributed by atoms with van der Waals surface area (Å²) < 4.78 is 16.3. The Labute approximate surface area is 137 Å². The normalized spacial score (nSPS) is 10.2. The molecule has 122 valence electrons. The summed E-state index contributed by atoms with van der Waals surface area (Å²) in [5.74, 6) is 1.67. The maximum absolute atomic E-state index is 10.4. The van der Waals surface area contributed by atoms with Gasteiger partial charge in [-0.2, -0.15) is 0 Å². The summed E-state index contributed by atoms with van der Waals surface area (Å²) in [5.41, 5.74) is 1.16. The first-order valence-electron chi connectivity index (χ1n) is 6.96. The third-order valence-corrected chi connectivity index (χ3v) is 3.26. The van der Waals surface area contributed by atoms with E-state index in [1.54, 1.807) is 38.6 Å². The van der Waals surface area contributed by atoms with Crippen LogP contribution in [0.1, 0.15) is 0 Å². The molecule has 8 heteroatoms. The van der Waals surface area contributed by atoms with Gasteiger partial charge < -0.3 is 19.5 Å². The van der Waals surface area contributed by atoms with Gasteiger partial charge in [-0.3, -0.25) is 9.78 Å². The standard InChI is InChI=1S/C16H14N4O4/c1-22-14-5-11-12(6-15(14)23-2)17-4-3-13(11)24-16-18-7-10(8-19-16)20-9-21/h3-9H,1-2H3,(H,20,21). The average Bonchev–Trinajstić information content (AvgIpc) is 2.62. The molecule has 2 heterocycles. The Bertz CT molecular complexity index is 868. The van der Waals surface area contributed by atoms with Crippen LogP contribution in [0.4, 0.5) is 5.69 Å². The molecule has 24 heavy (non-hydrogen) atoms. The lowest BCUT2D eigenvalue weighted by molar-refractivity contribution is -0.105. The second-order valence-corrected chi connectivity index (χ2v) is 4.65. The molecule has 3 rings (SSSR count). The number of amides is 1. The number of carbonyl (C=O) groups excluding carboxylic acids is 1. The van der Waals surface area contributed by atoms with E-state index < -0.39 is 0 Å². The Hall–Kier alpha value is -3.42. The molecule has 0 unspecified atom stereocenters. The maximum atomic E-state index is 10.4. The Morgan fingerprint density at radius 1 is 1.00 bits per heavy atom. The van der Waals surface area contributed by atoms with Crippen LogP contribution in [0.5, 0.6) is 23.3 Å². The van der Waals surface area contributed by atoms with E-state index in [1.165, 1.54) is 12.4 Å².